The van der Waals surface area contributed by atoms with E-state index >= 15 is 0 Å². The molecule has 0 atom stereocenters. The van der Waals surface area contributed by atoms with Gasteiger partial charge < -0.3 is 4.74 Å². The maximum Gasteiger partial charge on any atom is 0.285 e. The van der Waals surface area contributed by atoms with Crippen LogP contribution in [-0.2, 0) is 11.4 Å². The Balaban J connectivity index is 1.38. The van der Waals surface area contributed by atoms with E-state index in [1.807, 2.05) is 6.92 Å². The topological polar surface area (TPSA) is 102 Å². The van der Waals surface area contributed by atoms with Crippen molar-refractivity contribution in [2.24, 2.45) is 0 Å². The number of carbonyl (C=O) groups excluding carboxylic acids is 2. The molecule has 4 rings (SSSR count). The van der Waals surface area contributed by atoms with Gasteiger partial charge in [0.25, 0.3) is 17.5 Å². The van der Waals surface area contributed by atoms with Crippen LogP contribution >= 0.6 is 35.6 Å². The first-order chi connectivity index (χ1) is 17.2. The molecular weight excluding hydrogens is 522 g/mol. The number of ether oxygens (including phenoxy) is 1. The van der Waals surface area contributed by atoms with Crippen molar-refractivity contribution in [2.45, 2.75) is 13.5 Å². The van der Waals surface area contributed by atoms with Gasteiger partial charge in [0.15, 0.2) is 4.32 Å². The van der Waals surface area contributed by atoms with Crippen molar-refractivity contribution in [2.75, 3.05) is 0 Å². The van der Waals surface area contributed by atoms with E-state index in [2.05, 4.69) is 5.43 Å². The van der Waals surface area contributed by atoms with E-state index in [0.717, 1.165) is 33.5 Å². The van der Waals surface area contributed by atoms with Gasteiger partial charge >= 0.3 is 0 Å². The summed E-state index contributed by atoms with van der Waals surface area (Å²) in [6.07, 6.45) is 1.67. The van der Waals surface area contributed by atoms with Crippen LogP contribution in [0.25, 0.3) is 6.08 Å². The Labute approximate surface area is 221 Å². The molecule has 36 heavy (non-hydrogen) atoms. The van der Waals surface area contributed by atoms with Crippen LogP contribution in [0.15, 0.2) is 71.6 Å². The van der Waals surface area contributed by atoms with E-state index in [4.69, 9.17) is 28.6 Å². The second-order valence-corrected chi connectivity index (χ2v) is 9.81. The maximum atomic E-state index is 12.9. The Bertz CT molecular complexity index is 1390. The van der Waals surface area contributed by atoms with Crippen molar-refractivity contribution in [1.82, 2.24) is 10.4 Å². The summed E-state index contributed by atoms with van der Waals surface area (Å²) >= 11 is 12.5. The van der Waals surface area contributed by atoms with Gasteiger partial charge in [-0.2, -0.15) is 5.01 Å². The quantitative estimate of drug-likeness (QED) is 0.178. The molecule has 1 fully saturated rings. The molecule has 2 amide bonds. The first-order valence-electron chi connectivity index (χ1n) is 10.5. The Morgan fingerprint density at radius 3 is 2.50 bits per heavy atom. The SMILES string of the molecule is Cc1ccc(C(=O)NN2C(=O)/C(=C\c3ccc(OCc4ccc([N+](=O)[O-])cc4)cc3)SC2=S)c(Cl)c1. The van der Waals surface area contributed by atoms with Crippen molar-refractivity contribution in [3.8, 4) is 5.75 Å². The van der Waals surface area contributed by atoms with Crippen molar-refractivity contribution in [1.29, 1.82) is 0 Å². The Morgan fingerprint density at radius 2 is 1.86 bits per heavy atom. The van der Waals surface area contributed by atoms with E-state index < -0.39 is 16.7 Å². The number of aryl methyl sites for hydroxylation is 1. The zero-order chi connectivity index (χ0) is 25.8. The van der Waals surface area contributed by atoms with E-state index in [1.165, 1.54) is 12.1 Å². The molecule has 1 saturated heterocycles. The molecule has 3 aromatic carbocycles. The fraction of sp³-hybridized carbons (Fsp3) is 0.0800. The number of hydrazine groups is 1. The standard InChI is InChI=1S/C25H18ClN3O5S2/c1-15-2-11-20(21(26)12-15)23(30)27-28-24(31)22(36-25(28)35)13-16-5-9-19(10-6-16)34-14-17-3-7-18(8-4-17)29(32)33/h2-13H,14H2,1H3,(H,27,30)/b22-13+. The summed E-state index contributed by atoms with van der Waals surface area (Å²) in [5.74, 6) is -0.382. The number of nitrogens with one attached hydrogen (secondary N) is 1. The van der Waals surface area contributed by atoms with Gasteiger partial charge in [0.1, 0.15) is 12.4 Å². The first kappa shape index (κ1) is 25.4. The number of thiocarbonyl (C=S) groups is 1. The number of benzene rings is 3. The first-order valence-corrected chi connectivity index (χ1v) is 12.1. The smallest absolute Gasteiger partial charge is 0.285 e. The van der Waals surface area contributed by atoms with Crippen LogP contribution in [0.3, 0.4) is 0 Å². The molecule has 0 aromatic heterocycles. The largest absolute Gasteiger partial charge is 0.489 e. The van der Waals surface area contributed by atoms with E-state index in [1.54, 1.807) is 60.7 Å². The zero-order valence-corrected chi connectivity index (χ0v) is 21.2. The third-order valence-electron chi connectivity index (χ3n) is 5.11. The van der Waals surface area contributed by atoms with Gasteiger partial charge in [-0.15, -0.1) is 0 Å². The highest BCUT2D eigenvalue weighted by molar-refractivity contribution is 8.26. The minimum absolute atomic E-state index is 0.0204. The predicted molar refractivity (Wildman–Crippen MR) is 143 cm³/mol. The van der Waals surface area contributed by atoms with E-state index in [9.17, 15) is 19.7 Å². The van der Waals surface area contributed by atoms with Crippen LogP contribution in [-0.4, -0.2) is 26.1 Å². The number of non-ortho nitro benzene ring substituents is 1. The van der Waals surface area contributed by atoms with E-state index in [0.29, 0.717) is 10.7 Å². The highest BCUT2D eigenvalue weighted by atomic mass is 35.5. The molecule has 0 saturated carbocycles. The maximum absolute atomic E-state index is 12.9. The summed E-state index contributed by atoms with van der Waals surface area (Å²) < 4.78 is 5.93. The lowest BCUT2D eigenvalue weighted by Crippen LogP contribution is -2.44. The molecule has 8 nitrogen and oxygen atoms in total. The lowest BCUT2D eigenvalue weighted by atomic mass is 10.1. The normalized spacial score (nSPS) is 14.3. The lowest BCUT2D eigenvalue weighted by Gasteiger charge is -2.16. The van der Waals surface area contributed by atoms with Gasteiger partial charge in [0.2, 0.25) is 0 Å². The van der Waals surface area contributed by atoms with Crippen molar-refractivity contribution >= 4 is 63.5 Å². The third-order valence-corrected chi connectivity index (χ3v) is 6.72. The van der Waals surface area contributed by atoms with Crippen molar-refractivity contribution < 1.29 is 19.2 Å². The number of hydrogen-bond acceptors (Lipinski definition) is 7. The number of thioether (sulfide) groups is 1. The zero-order valence-electron chi connectivity index (χ0n) is 18.8. The summed E-state index contributed by atoms with van der Waals surface area (Å²) in [5, 5.41) is 12.1. The second-order valence-electron chi connectivity index (χ2n) is 7.72. The van der Waals surface area contributed by atoms with Crippen LogP contribution in [0.2, 0.25) is 5.02 Å². The van der Waals surface area contributed by atoms with Gasteiger partial charge in [-0.25, -0.2) is 0 Å². The Kier molecular flexibility index (Phi) is 7.68. The lowest BCUT2D eigenvalue weighted by molar-refractivity contribution is -0.384. The number of nitro benzene ring substituents is 1. The molecule has 1 aliphatic rings. The van der Waals surface area contributed by atoms with Crippen LogP contribution in [0, 0.1) is 17.0 Å². The van der Waals surface area contributed by atoms with Crippen LogP contribution in [0.4, 0.5) is 5.69 Å². The number of carbonyl (C=O) groups is 2. The molecule has 0 unspecified atom stereocenters. The molecule has 182 valence electrons. The summed E-state index contributed by atoms with van der Waals surface area (Å²) in [6.45, 7) is 2.11. The monoisotopic (exact) mass is 539 g/mol. The third kappa shape index (κ3) is 5.91. The fourth-order valence-corrected chi connectivity index (χ4v) is 4.72. The summed E-state index contributed by atoms with van der Waals surface area (Å²) in [7, 11) is 0. The number of nitrogens with zero attached hydrogens (tertiary/aromatic N) is 2. The predicted octanol–water partition coefficient (Wildman–Crippen LogP) is 5.68. The van der Waals surface area contributed by atoms with Gasteiger partial charge in [0, 0.05) is 12.1 Å². The number of amides is 2. The van der Waals surface area contributed by atoms with Crippen LogP contribution in [0.1, 0.15) is 27.0 Å². The number of hydrogen-bond donors (Lipinski definition) is 1. The molecule has 0 spiro atoms. The molecule has 1 heterocycles. The molecule has 0 aliphatic carbocycles. The Hall–Kier alpha value is -3.73. The molecule has 11 heteroatoms. The molecular formula is C25H18ClN3O5S2. The molecule has 3 aromatic rings. The van der Waals surface area contributed by atoms with E-state index in [-0.39, 0.29) is 27.2 Å². The summed E-state index contributed by atoms with van der Waals surface area (Å²) in [4.78, 5) is 36.1. The van der Waals surface area contributed by atoms with Crippen LogP contribution < -0.4 is 10.2 Å². The Morgan fingerprint density at radius 1 is 1.17 bits per heavy atom. The molecule has 1 N–H and O–H groups in total. The van der Waals surface area contributed by atoms with Crippen molar-refractivity contribution in [3.63, 3.8) is 0 Å². The van der Waals surface area contributed by atoms with Gasteiger partial charge in [0.05, 0.1) is 20.4 Å². The van der Waals surface area contributed by atoms with Gasteiger partial charge in [-0.1, -0.05) is 41.6 Å². The van der Waals surface area contributed by atoms with Gasteiger partial charge in [-0.05, 0) is 78.3 Å². The minimum Gasteiger partial charge on any atom is -0.489 e. The molecule has 0 bridgehead atoms. The van der Waals surface area contributed by atoms with Crippen LogP contribution in [0.5, 0.6) is 5.75 Å². The number of halogens is 1. The molecule has 1 aliphatic heterocycles. The highest BCUT2D eigenvalue weighted by Crippen LogP contribution is 2.32. The second kappa shape index (κ2) is 10.9. The van der Waals surface area contributed by atoms with Gasteiger partial charge in [-0.3, -0.25) is 25.1 Å². The number of rotatable bonds is 7. The fourth-order valence-electron chi connectivity index (χ4n) is 3.22. The average molecular weight is 540 g/mol. The average Bonchev–Trinajstić information content (AvgIpc) is 3.11. The summed E-state index contributed by atoms with van der Waals surface area (Å²) in [6, 6.07) is 18.2. The number of nitro groups is 1. The highest BCUT2D eigenvalue weighted by Gasteiger charge is 2.34. The summed E-state index contributed by atoms with van der Waals surface area (Å²) in [5.41, 5.74) is 5.23. The van der Waals surface area contributed by atoms with Crippen molar-refractivity contribution in [3.05, 3.63) is 109 Å². The minimum atomic E-state index is -0.535. The molecule has 0 radical (unpaired) electrons.